The number of hydrogen-bond acceptors (Lipinski definition) is 6. The second-order valence-corrected chi connectivity index (χ2v) is 7.30. The molecule has 1 amide bonds. The zero-order valence-corrected chi connectivity index (χ0v) is 16.9. The molecule has 1 aromatic carbocycles. The Morgan fingerprint density at radius 2 is 1.87 bits per heavy atom. The number of anilines is 1. The first-order valence-electron chi connectivity index (χ1n) is 9.56. The second-order valence-electron chi connectivity index (χ2n) is 7.30. The number of nitrogens with one attached hydrogen (secondary N) is 1. The summed E-state index contributed by atoms with van der Waals surface area (Å²) in [4.78, 5) is 28.7. The Kier molecular flexibility index (Phi) is 5.09. The molecule has 0 radical (unpaired) electrons. The third kappa shape index (κ3) is 3.95. The molecule has 0 bridgehead atoms. The van der Waals surface area contributed by atoms with Crippen LogP contribution in [0.2, 0.25) is 0 Å². The van der Waals surface area contributed by atoms with Crippen molar-refractivity contribution in [2.24, 2.45) is 0 Å². The predicted octanol–water partition coefficient (Wildman–Crippen LogP) is 2.42. The molecular formula is C21H21N7O2. The highest BCUT2D eigenvalue weighted by molar-refractivity contribution is 5.90. The number of aromatic nitrogens is 6. The zero-order valence-electron chi connectivity index (χ0n) is 16.9. The summed E-state index contributed by atoms with van der Waals surface area (Å²) in [6.07, 6.45) is 1.41. The molecule has 152 valence electrons. The number of benzene rings is 1. The van der Waals surface area contributed by atoms with Crippen LogP contribution in [0.5, 0.6) is 0 Å². The van der Waals surface area contributed by atoms with Gasteiger partial charge in [0.25, 0.3) is 5.56 Å². The van der Waals surface area contributed by atoms with Gasteiger partial charge in [-0.3, -0.25) is 14.2 Å². The fourth-order valence-corrected chi connectivity index (χ4v) is 3.00. The van der Waals surface area contributed by atoms with Gasteiger partial charge < -0.3 is 5.32 Å². The zero-order chi connectivity index (χ0) is 21.3. The Morgan fingerprint density at radius 1 is 1.10 bits per heavy atom. The van der Waals surface area contributed by atoms with Crippen LogP contribution in [0.4, 0.5) is 5.69 Å². The van der Waals surface area contributed by atoms with Crippen molar-refractivity contribution in [3.63, 3.8) is 0 Å². The lowest BCUT2D eigenvalue weighted by Crippen LogP contribution is -2.28. The summed E-state index contributed by atoms with van der Waals surface area (Å²) < 4.78 is 2.97. The highest BCUT2D eigenvalue weighted by Crippen LogP contribution is 2.20. The van der Waals surface area contributed by atoms with Crippen LogP contribution < -0.4 is 10.9 Å². The van der Waals surface area contributed by atoms with E-state index < -0.39 is 0 Å². The molecule has 30 heavy (non-hydrogen) atoms. The van der Waals surface area contributed by atoms with Crippen LogP contribution in [-0.4, -0.2) is 35.3 Å². The molecule has 0 aliphatic carbocycles. The van der Waals surface area contributed by atoms with Crippen LogP contribution in [0.3, 0.4) is 0 Å². The summed E-state index contributed by atoms with van der Waals surface area (Å²) >= 11 is 0. The van der Waals surface area contributed by atoms with Gasteiger partial charge in [-0.05, 0) is 37.1 Å². The third-order valence-electron chi connectivity index (χ3n) is 4.69. The third-order valence-corrected chi connectivity index (χ3v) is 4.69. The number of aryl methyl sites for hydroxylation is 1. The number of amides is 1. The van der Waals surface area contributed by atoms with Gasteiger partial charge in [0, 0.05) is 17.3 Å². The van der Waals surface area contributed by atoms with Gasteiger partial charge in [-0.1, -0.05) is 26.0 Å². The van der Waals surface area contributed by atoms with Crippen molar-refractivity contribution in [3.8, 4) is 11.3 Å². The molecule has 0 fully saturated rings. The number of hydrogen-bond donors (Lipinski definition) is 1. The van der Waals surface area contributed by atoms with E-state index in [2.05, 4.69) is 25.6 Å². The number of rotatable bonds is 5. The highest BCUT2D eigenvalue weighted by Gasteiger charge is 2.09. The molecule has 1 N–H and O–H groups in total. The van der Waals surface area contributed by atoms with Crippen molar-refractivity contribution >= 4 is 17.2 Å². The van der Waals surface area contributed by atoms with Crippen LogP contribution in [-0.2, 0) is 11.3 Å². The molecule has 4 aromatic rings. The average Bonchev–Trinajstić information content (AvgIpc) is 3.10. The fourth-order valence-electron chi connectivity index (χ4n) is 3.00. The molecule has 0 aliphatic rings. The summed E-state index contributed by atoms with van der Waals surface area (Å²) in [7, 11) is 0. The van der Waals surface area contributed by atoms with E-state index >= 15 is 0 Å². The predicted molar refractivity (Wildman–Crippen MR) is 112 cm³/mol. The summed E-state index contributed by atoms with van der Waals surface area (Å²) in [6.45, 7) is 5.66. The largest absolute Gasteiger partial charge is 0.325 e. The molecule has 0 spiro atoms. The normalized spacial score (nSPS) is 11.2. The van der Waals surface area contributed by atoms with E-state index in [9.17, 15) is 9.59 Å². The van der Waals surface area contributed by atoms with Gasteiger partial charge in [-0.2, -0.15) is 9.61 Å². The molecule has 9 nitrogen and oxygen atoms in total. The summed E-state index contributed by atoms with van der Waals surface area (Å²) in [5, 5.41) is 15.4. The van der Waals surface area contributed by atoms with Crippen molar-refractivity contribution in [3.05, 3.63) is 70.7 Å². The maximum atomic E-state index is 12.3. The Bertz CT molecular complexity index is 1270. The molecule has 3 heterocycles. The van der Waals surface area contributed by atoms with Crippen molar-refractivity contribution in [2.45, 2.75) is 33.2 Å². The Hall–Kier alpha value is -3.88. The molecule has 3 aromatic heterocycles. The van der Waals surface area contributed by atoms with Gasteiger partial charge in [0.2, 0.25) is 5.91 Å². The fraction of sp³-hybridized carbons (Fsp3) is 0.238. The van der Waals surface area contributed by atoms with Crippen molar-refractivity contribution in [1.82, 2.24) is 29.4 Å². The minimum atomic E-state index is -0.302. The molecule has 0 saturated carbocycles. The van der Waals surface area contributed by atoms with Gasteiger partial charge in [0.05, 0.1) is 17.7 Å². The van der Waals surface area contributed by atoms with Gasteiger partial charge >= 0.3 is 0 Å². The first-order valence-corrected chi connectivity index (χ1v) is 9.56. The van der Waals surface area contributed by atoms with Crippen LogP contribution in [0.25, 0.3) is 16.9 Å². The maximum absolute atomic E-state index is 12.3. The van der Waals surface area contributed by atoms with E-state index in [1.165, 1.54) is 17.0 Å². The number of fused-ring (bicyclic) bond motifs is 1. The monoisotopic (exact) mass is 403 g/mol. The van der Waals surface area contributed by atoms with E-state index in [1.807, 2.05) is 45.0 Å². The quantitative estimate of drug-likeness (QED) is 0.548. The van der Waals surface area contributed by atoms with Crippen molar-refractivity contribution < 1.29 is 4.79 Å². The Balaban J connectivity index is 1.46. The summed E-state index contributed by atoms with van der Waals surface area (Å²) in [5.41, 5.74) is 3.45. The average molecular weight is 403 g/mol. The van der Waals surface area contributed by atoms with E-state index in [-0.39, 0.29) is 23.9 Å². The molecule has 0 atom stereocenters. The van der Waals surface area contributed by atoms with E-state index in [4.69, 9.17) is 0 Å². The summed E-state index contributed by atoms with van der Waals surface area (Å²) in [5.74, 6) is 0.564. The lowest BCUT2D eigenvalue weighted by Gasteiger charge is -2.09. The van der Waals surface area contributed by atoms with E-state index in [0.717, 1.165) is 11.3 Å². The Labute approximate surface area is 172 Å². The van der Waals surface area contributed by atoms with Crippen LogP contribution in [0.15, 0.2) is 53.6 Å². The van der Waals surface area contributed by atoms with Gasteiger partial charge in [-0.25, -0.2) is 4.98 Å². The van der Waals surface area contributed by atoms with Crippen LogP contribution in [0.1, 0.15) is 31.3 Å². The minimum absolute atomic E-state index is 0.100. The smallest absolute Gasteiger partial charge is 0.254 e. The van der Waals surface area contributed by atoms with E-state index in [1.54, 1.807) is 16.6 Å². The molecular weight excluding hydrogens is 382 g/mol. The molecule has 0 saturated heterocycles. The van der Waals surface area contributed by atoms with Crippen LogP contribution in [0, 0.1) is 6.92 Å². The lowest BCUT2D eigenvalue weighted by atomic mass is 10.1. The maximum Gasteiger partial charge on any atom is 0.254 e. The highest BCUT2D eigenvalue weighted by atomic mass is 16.2. The van der Waals surface area contributed by atoms with Crippen LogP contribution >= 0.6 is 0 Å². The van der Waals surface area contributed by atoms with Crippen molar-refractivity contribution in [2.75, 3.05) is 5.32 Å². The SMILES string of the molecule is Cc1nnc2ccc(-c3ccc(NC(=O)Cn4cnc(C(C)C)cc4=O)cc3)nn12. The second kappa shape index (κ2) is 7.86. The lowest BCUT2D eigenvalue weighted by molar-refractivity contribution is -0.116. The molecule has 0 aliphatic heterocycles. The first-order chi connectivity index (χ1) is 14.4. The topological polar surface area (TPSA) is 107 Å². The van der Waals surface area contributed by atoms with Gasteiger partial charge in [-0.15, -0.1) is 10.2 Å². The van der Waals surface area contributed by atoms with Gasteiger partial charge in [0.15, 0.2) is 11.5 Å². The molecule has 4 rings (SSSR count). The standard InChI is InChI=1S/C21H21N7O2/c1-13(2)18-10-21(30)27(12-22-18)11-20(29)23-16-6-4-15(5-7-16)17-8-9-19-25-24-14(3)28(19)26-17/h4-10,12-13H,11H2,1-3H3,(H,23,29). The van der Waals surface area contributed by atoms with Gasteiger partial charge in [0.1, 0.15) is 6.54 Å². The minimum Gasteiger partial charge on any atom is -0.325 e. The summed E-state index contributed by atoms with van der Waals surface area (Å²) in [6, 6.07) is 12.5. The number of carbonyl (C=O) groups is 1. The molecule has 9 heteroatoms. The van der Waals surface area contributed by atoms with Crippen molar-refractivity contribution in [1.29, 1.82) is 0 Å². The van der Waals surface area contributed by atoms with E-state index in [0.29, 0.717) is 22.9 Å². The number of carbonyl (C=O) groups excluding carboxylic acids is 1. The Morgan fingerprint density at radius 3 is 2.57 bits per heavy atom. The molecule has 0 unspecified atom stereocenters. The first kappa shape index (κ1) is 19.4. The number of nitrogens with zero attached hydrogens (tertiary/aromatic N) is 6.